The minimum absolute atomic E-state index is 0.371. The third kappa shape index (κ3) is 7.03. The lowest BCUT2D eigenvalue weighted by atomic mass is 10.0. The van der Waals surface area contributed by atoms with Gasteiger partial charge in [-0.2, -0.15) is 5.26 Å². The number of pyridine rings is 3. The van der Waals surface area contributed by atoms with Crippen LogP contribution in [0.4, 0.5) is 5.82 Å². The van der Waals surface area contributed by atoms with E-state index in [2.05, 4.69) is 41.9 Å². The molecule has 0 atom stereocenters. The predicted molar refractivity (Wildman–Crippen MR) is 148 cm³/mol. The molecular weight excluding hydrogens is 500 g/mol. The van der Waals surface area contributed by atoms with Crippen LogP contribution < -0.4 is 10.1 Å². The number of thioether (sulfide) groups is 1. The molecule has 4 heterocycles. The van der Waals surface area contributed by atoms with Gasteiger partial charge < -0.3 is 10.1 Å². The van der Waals surface area contributed by atoms with Crippen LogP contribution in [0.3, 0.4) is 0 Å². The Bertz CT molecular complexity index is 1470. The minimum Gasteiger partial charge on any atom is -0.494 e. The highest BCUT2D eigenvalue weighted by Gasteiger charge is 2.12. The van der Waals surface area contributed by atoms with Gasteiger partial charge in [-0.05, 0) is 57.4 Å². The number of aryl methyl sites for hydroxylation is 2. The van der Waals surface area contributed by atoms with Crippen molar-refractivity contribution in [1.29, 1.82) is 5.26 Å². The van der Waals surface area contributed by atoms with E-state index in [-0.39, 0.29) is 0 Å². The Balaban J connectivity index is 0.000000212. The summed E-state index contributed by atoms with van der Waals surface area (Å²) >= 11 is 1.50. The van der Waals surface area contributed by atoms with Crippen LogP contribution in [-0.2, 0) is 0 Å². The number of nitrogens with zero attached hydrogens (tertiary/aromatic N) is 7. The maximum absolute atomic E-state index is 11.1. The Morgan fingerprint density at radius 2 is 1.82 bits per heavy atom. The molecule has 10 nitrogen and oxygen atoms in total. The van der Waals surface area contributed by atoms with Gasteiger partial charge in [0, 0.05) is 46.3 Å². The van der Waals surface area contributed by atoms with Crippen LogP contribution in [0.2, 0.25) is 0 Å². The molecule has 4 aromatic rings. The smallest absolute Gasteiger partial charge is 0.184 e. The number of aliphatic imine (C=N–C) groups is 1. The average Bonchev–Trinajstić information content (AvgIpc) is 2.96. The Morgan fingerprint density at radius 1 is 1.08 bits per heavy atom. The molecule has 0 saturated heterocycles. The summed E-state index contributed by atoms with van der Waals surface area (Å²) < 4.78 is 5.30. The quantitative estimate of drug-likeness (QED) is 0.150. The normalized spacial score (nSPS) is 10.1. The van der Waals surface area contributed by atoms with Crippen LogP contribution in [0.1, 0.15) is 27.4 Å². The van der Waals surface area contributed by atoms with E-state index in [1.807, 2.05) is 39.1 Å². The van der Waals surface area contributed by atoms with Gasteiger partial charge in [0.05, 0.1) is 25.2 Å². The summed E-state index contributed by atoms with van der Waals surface area (Å²) in [7, 11) is 3.44. The predicted octanol–water partition coefficient (Wildman–Crippen LogP) is 4.59. The van der Waals surface area contributed by atoms with Crippen molar-refractivity contribution in [3.8, 4) is 34.2 Å². The molecule has 1 N–H and O–H groups in total. The monoisotopic (exact) mass is 526 g/mol. The molecule has 0 fully saturated rings. The Morgan fingerprint density at radius 3 is 2.42 bits per heavy atom. The van der Waals surface area contributed by atoms with Crippen molar-refractivity contribution in [2.75, 3.05) is 20.0 Å². The summed E-state index contributed by atoms with van der Waals surface area (Å²) in [4.78, 5) is 36.0. The van der Waals surface area contributed by atoms with Gasteiger partial charge in [0.25, 0.3) is 0 Å². The fourth-order valence-corrected chi connectivity index (χ4v) is 3.97. The maximum atomic E-state index is 11.1. The van der Waals surface area contributed by atoms with Crippen molar-refractivity contribution in [3.63, 3.8) is 0 Å². The van der Waals surface area contributed by atoms with Crippen LogP contribution in [0.15, 0.2) is 59.1 Å². The summed E-state index contributed by atoms with van der Waals surface area (Å²) in [6.07, 6.45) is 7.27. The summed E-state index contributed by atoms with van der Waals surface area (Å²) in [6, 6.07) is 9.20. The van der Waals surface area contributed by atoms with Crippen molar-refractivity contribution >= 4 is 30.6 Å². The first kappa shape index (κ1) is 28.0. The van der Waals surface area contributed by atoms with Gasteiger partial charge in [0.15, 0.2) is 12.1 Å². The molecule has 0 bridgehead atoms. The van der Waals surface area contributed by atoms with E-state index in [0.717, 1.165) is 34.4 Å². The van der Waals surface area contributed by atoms with Crippen LogP contribution in [0, 0.1) is 25.2 Å². The van der Waals surface area contributed by atoms with Crippen molar-refractivity contribution in [2.45, 2.75) is 18.9 Å². The third-order valence-electron chi connectivity index (χ3n) is 5.11. The third-order valence-corrected chi connectivity index (χ3v) is 6.09. The molecule has 0 aliphatic rings. The van der Waals surface area contributed by atoms with E-state index in [1.54, 1.807) is 44.0 Å². The molecule has 0 aliphatic carbocycles. The number of aldehydes is 1. The van der Waals surface area contributed by atoms with Gasteiger partial charge in [0.2, 0.25) is 0 Å². The lowest BCUT2D eigenvalue weighted by molar-refractivity contribution is 0.112. The summed E-state index contributed by atoms with van der Waals surface area (Å²) in [5.74, 6) is 1.86. The molecule has 0 spiro atoms. The molecule has 0 radical (unpaired) electrons. The van der Waals surface area contributed by atoms with E-state index in [4.69, 9.17) is 10.00 Å². The first-order chi connectivity index (χ1) is 18.4. The van der Waals surface area contributed by atoms with Crippen molar-refractivity contribution < 1.29 is 9.53 Å². The van der Waals surface area contributed by atoms with Gasteiger partial charge >= 0.3 is 0 Å². The number of aromatic nitrogens is 5. The van der Waals surface area contributed by atoms with Gasteiger partial charge in [-0.1, -0.05) is 11.8 Å². The van der Waals surface area contributed by atoms with Gasteiger partial charge in [-0.25, -0.2) is 19.9 Å². The van der Waals surface area contributed by atoms with Crippen molar-refractivity contribution in [1.82, 2.24) is 30.2 Å². The Hall–Kier alpha value is -4.53. The second-order valence-corrected chi connectivity index (χ2v) is 8.75. The zero-order chi connectivity index (χ0) is 27.5. The largest absolute Gasteiger partial charge is 0.494 e. The van der Waals surface area contributed by atoms with Gasteiger partial charge in [-0.15, -0.1) is 0 Å². The van der Waals surface area contributed by atoms with E-state index < -0.39 is 0 Å². The molecule has 0 aromatic carbocycles. The van der Waals surface area contributed by atoms with Crippen molar-refractivity contribution in [3.05, 3.63) is 71.7 Å². The fourth-order valence-electron chi connectivity index (χ4n) is 3.28. The lowest BCUT2D eigenvalue weighted by Crippen LogP contribution is -2.04. The lowest BCUT2D eigenvalue weighted by Gasteiger charge is -2.11. The topological polar surface area (TPSA) is 139 Å². The molecule has 0 saturated carbocycles. The standard InChI is InChI=1S/C14H14N2O2.C13H12N6S/c1-9-4-12(11(8-17)6-15-9)13-5-10(2)16-7-14(13)18-3;1-15-8-20-13-12(16-2)18-7-11(19-13)9-3-4-10(5-14)17-6-9/h4-8H,1-3H3;3-4,6-7,15H,2,8H2,1H3. The summed E-state index contributed by atoms with van der Waals surface area (Å²) in [6.45, 7) is 7.28. The van der Waals surface area contributed by atoms with E-state index in [9.17, 15) is 4.79 Å². The number of methoxy groups -OCH3 is 1. The average molecular weight is 527 g/mol. The number of nitriles is 1. The second kappa shape index (κ2) is 13.7. The fraction of sp³-hybridized carbons (Fsp3) is 0.185. The number of carbonyl (C=O) groups excluding carboxylic acids is 1. The molecule has 4 aromatic heterocycles. The summed E-state index contributed by atoms with van der Waals surface area (Å²) in [5.41, 5.74) is 5.81. The SMILES string of the molecule is C=Nc1ncc(-c2ccc(C#N)nc2)nc1SCNC.COc1cnc(C)cc1-c1cc(C)ncc1C=O. The van der Waals surface area contributed by atoms with E-state index in [1.165, 1.54) is 11.8 Å². The highest BCUT2D eigenvalue weighted by atomic mass is 32.2. The number of hydrogen-bond donors (Lipinski definition) is 1. The minimum atomic E-state index is 0.371. The number of hydrogen-bond acceptors (Lipinski definition) is 11. The molecule has 0 unspecified atom stereocenters. The molecule has 0 amide bonds. The maximum Gasteiger partial charge on any atom is 0.184 e. The molecule has 0 aliphatic heterocycles. The first-order valence-corrected chi connectivity index (χ1v) is 12.3. The number of nitrogens with one attached hydrogen (secondary N) is 1. The van der Waals surface area contributed by atoms with Gasteiger partial charge in [-0.3, -0.25) is 14.8 Å². The Labute approximate surface area is 225 Å². The molecule has 38 heavy (non-hydrogen) atoms. The highest BCUT2D eigenvalue weighted by molar-refractivity contribution is 7.99. The Kier molecular flexibility index (Phi) is 10.1. The number of ether oxygens (including phenoxy) is 1. The number of rotatable bonds is 8. The zero-order valence-electron chi connectivity index (χ0n) is 21.5. The van der Waals surface area contributed by atoms with Crippen LogP contribution in [-0.4, -0.2) is 58.0 Å². The van der Waals surface area contributed by atoms with E-state index >= 15 is 0 Å². The highest BCUT2D eigenvalue weighted by Crippen LogP contribution is 2.32. The van der Waals surface area contributed by atoms with Crippen molar-refractivity contribution in [2.24, 2.45) is 4.99 Å². The van der Waals surface area contributed by atoms with Crippen LogP contribution in [0.5, 0.6) is 5.75 Å². The summed E-state index contributed by atoms with van der Waals surface area (Å²) in [5, 5.41) is 12.5. The van der Waals surface area contributed by atoms with Crippen LogP contribution in [0.25, 0.3) is 22.4 Å². The molecule has 4 rings (SSSR count). The molecule has 11 heteroatoms. The van der Waals surface area contributed by atoms with E-state index in [0.29, 0.717) is 39.4 Å². The van der Waals surface area contributed by atoms with Crippen LogP contribution >= 0.6 is 11.8 Å². The first-order valence-electron chi connectivity index (χ1n) is 11.3. The second-order valence-electron chi connectivity index (χ2n) is 7.79. The molecular formula is C27H26N8O2S. The van der Waals surface area contributed by atoms with Gasteiger partial charge in [0.1, 0.15) is 22.5 Å². The zero-order valence-corrected chi connectivity index (χ0v) is 22.3. The number of carbonyl (C=O) groups is 1. The molecule has 192 valence electrons.